The number of anilines is 1. The Morgan fingerprint density at radius 2 is 1.74 bits per heavy atom. The van der Waals surface area contributed by atoms with Crippen molar-refractivity contribution in [3.63, 3.8) is 0 Å². The Hall–Kier alpha value is -3.79. The van der Waals surface area contributed by atoms with E-state index in [4.69, 9.17) is 21.3 Å². The van der Waals surface area contributed by atoms with Gasteiger partial charge in [-0.05, 0) is 68.9 Å². The fraction of sp³-hybridized carbons (Fsp3) is 0.634. The van der Waals surface area contributed by atoms with Crippen LogP contribution in [0.4, 0.5) is 10.5 Å². The van der Waals surface area contributed by atoms with Crippen molar-refractivity contribution < 1.29 is 32.6 Å². The highest BCUT2D eigenvalue weighted by Gasteiger charge is 2.53. The number of nitrogens with one attached hydrogen (secondary N) is 2. The second kappa shape index (κ2) is 21.3. The van der Waals surface area contributed by atoms with E-state index in [1.165, 1.54) is 38.5 Å². The highest BCUT2D eigenvalue weighted by Crippen LogP contribution is 2.48. The fourth-order valence-corrected chi connectivity index (χ4v) is 9.08. The standard InChI is InChI=1S/C41H60ClN7O7S/c1-3-4-5-6-7-8-9-10-11-20-44-38(51)17-26-57(54,55)45-28-31(2)56-40(53)47-23-18-41(19-24-47)33-16-21-43-29-36(33)49(39(41)52)30-37-46-34-27-32(42)14-15-35(34)48(37)22-12-13-25-50/h14-16,21,27,29,31,45,50H,3-13,17-20,22-26,28,30H2,1-2H3,(H,44,51)/t31-/m1/s1. The maximum atomic E-state index is 14.4. The zero-order valence-electron chi connectivity index (χ0n) is 33.5. The summed E-state index contributed by atoms with van der Waals surface area (Å²) >= 11 is 6.29. The number of ether oxygens (including phenoxy) is 1. The van der Waals surface area contributed by atoms with Crippen molar-refractivity contribution in [3.8, 4) is 0 Å². The molecule has 14 nitrogen and oxygen atoms in total. The maximum absolute atomic E-state index is 14.4. The molecule has 5 rings (SSSR count). The summed E-state index contributed by atoms with van der Waals surface area (Å²) in [6, 6.07) is 7.41. The lowest BCUT2D eigenvalue weighted by atomic mass is 9.74. The van der Waals surface area contributed by atoms with Gasteiger partial charge in [-0.3, -0.25) is 14.6 Å². The minimum Gasteiger partial charge on any atom is -0.445 e. The molecule has 0 radical (unpaired) electrons. The normalized spacial score (nSPS) is 15.7. The lowest BCUT2D eigenvalue weighted by Gasteiger charge is -2.38. The zero-order valence-corrected chi connectivity index (χ0v) is 35.1. The Balaban J connectivity index is 1.07. The molecule has 0 saturated carbocycles. The monoisotopic (exact) mass is 829 g/mol. The molecule has 0 unspecified atom stereocenters. The smallest absolute Gasteiger partial charge is 0.410 e. The van der Waals surface area contributed by atoms with Crippen LogP contribution in [0.15, 0.2) is 36.7 Å². The number of sulfonamides is 1. The number of benzene rings is 1. The second-order valence-electron chi connectivity index (χ2n) is 15.4. The number of pyridine rings is 1. The lowest BCUT2D eigenvalue weighted by Crippen LogP contribution is -2.50. The van der Waals surface area contributed by atoms with Gasteiger partial charge in [-0.1, -0.05) is 69.9 Å². The number of likely N-dealkylation sites (tertiary alicyclic amines) is 1. The van der Waals surface area contributed by atoms with E-state index in [-0.39, 0.29) is 56.8 Å². The number of unbranched alkanes of at least 4 members (excludes halogenated alkanes) is 9. The highest BCUT2D eigenvalue weighted by molar-refractivity contribution is 7.89. The van der Waals surface area contributed by atoms with Gasteiger partial charge < -0.3 is 29.5 Å². The number of carbonyl (C=O) groups excluding carboxylic acids is 3. The summed E-state index contributed by atoms with van der Waals surface area (Å²) in [6.07, 6.45) is 14.7. The molecular formula is C41H60ClN7O7S. The molecule has 3 amide bonds. The number of halogens is 1. The first-order valence-corrected chi connectivity index (χ1v) is 22.7. The van der Waals surface area contributed by atoms with Crippen molar-refractivity contribution in [2.75, 3.05) is 43.4 Å². The van der Waals surface area contributed by atoms with E-state index in [1.54, 1.807) is 35.2 Å². The fourth-order valence-electron chi connectivity index (χ4n) is 7.83. The first kappa shape index (κ1) is 44.3. The van der Waals surface area contributed by atoms with Crippen molar-refractivity contribution in [2.24, 2.45) is 0 Å². The quantitative estimate of drug-likeness (QED) is 0.0938. The summed E-state index contributed by atoms with van der Waals surface area (Å²) in [5.74, 6) is -0.0391. The van der Waals surface area contributed by atoms with E-state index >= 15 is 0 Å². The first-order chi connectivity index (χ1) is 27.5. The van der Waals surface area contributed by atoms with Crippen LogP contribution >= 0.6 is 11.6 Å². The Labute approximate surface area is 342 Å². The number of carbonyl (C=O) groups is 3. The molecule has 1 aromatic carbocycles. The Morgan fingerprint density at radius 3 is 2.46 bits per heavy atom. The third-order valence-electron chi connectivity index (χ3n) is 11.1. The molecular weight excluding hydrogens is 770 g/mol. The molecule has 1 saturated heterocycles. The van der Waals surface area contributed by atoms with E-state index in [9.17, 15) is 27.9 Å². The molecule has 314 valence electrons. The number of hydrogen-bond donors (Lipinski definition) is 3. The topological polar surface area (TPSA) is 176 Å². The molecule has 2 aliphatic heterocycles. The number of nitrogens with zero attached hydrogens (tertiary/aromatic N) is 5. The Bertz CT molecular complexity index is 1920. The van der Waals surface area contributed by atoms with Gasteiger partial charge in [0.15, 0.2) is 0 Å². The number of aromatic nitrogens is 3. The van der Waals surface area contributed by atoms with Crippen LogP contribution in [0.3, 0.4) is 0 Å². The summed E-state index contributed by atoms with van der Waals surface area (Å²) in [5.41, 5.74) is 2.35. The molecule has 4 heterocycles. The van der Waals surface area contributed by atoms with Crippen molar-refractivity contribution in [1.29, 1.82) is 0 Å². The molecule has 2 aromatic heterocycles. The third-order valence-corrected chi connectivity index (χ3v) is 12.7. The van der Waals surface area contributed by atoms with Gasteiger partial charge in [-0.25, -0.2) is 22.9 Å². The molecule has 16 heteroatoms. The highest BCUT2D eigenvalue weighted by atomic mass is 35.5. The van der Waals surface area contributed by atoms with Crippen LogP contribution < -0.4 is 14.9 Å². The maximum Gasteiger partial charge on any atom is 0.410 e. The summed E-state index contributed by atoms with van der Waals surface area (Å²) in [7, 11) is -3.77. The lowest BCUT2D eigenvalue weighted by molar-refractivity contribution is -0.125. The van der Waals surface area contributed by atoms with Gasteiger partial charge in [0.25, 0.3) is 0 Å². The molecule has 1 fully saturated rings. The van der Waals surface area contributed by atoms with Crippen LogP contribution in [0.25, 0.3) is 11.0 Å². The molecule has 57 heavy (non-hydrogen) atoms. The van der Waals surface area contributed by atoms with Crippen molar-refractivity contribution in [3.05, 3.63) is 53.1 Å². The number of imidazole rings is 1. The summed E-state index contributed by atoms with van der Waals surface area (Å²) in [4.78, 5) is 52.4. The number of hydrogen-bond acceptors (Lipinski definition) is 9. The molecule has 1 spiro atoms. The number of fused-ring (bicyclic) bond motifs is 3. The van der Waals surface area contributed by atoms with Gasteiger partial charge in [0, 0.05) is 57.0 Å². The van der Waals surface area contributed by atoms with Crippen LogP contribution in [-0.2, 0) is 42.9 Å². The SMILES string of the molecule is CCCCCCCCCCCNC(=O)CCS(=O)(=O)NC[C@@H](C)OC(=O)N1CCC2(CC1)C(=O)N(Cc1nc3cc(Cl)ccc3n1CCCCO)c1cnccc12. The minimum atomic E-state index is -3.77. The molecule has 0 bridgehead atoms. The van der Waals surface area contributed by atoms with Gasteiger partial charge in [0.1, 0.15) is 11.9 Å². The molecule has 2 aliphatic rings. The molecule has 3 N–H and O–H groups in total. The molecule has 1 atom stereocenters. The van der Waals surface area contributed by atoms with Crippen molar-refractivity contribution in [1.82, 2.24) is 29.5 Å². The average molecular weight is 830 g/mol. The van der Waals surface area contributed by atoms with E-state index in [2.05, 4.69) is 26.5 Å². The number of aryl methyl sites for hydroxylation is 1. The number of aliphatic hydroxyl groups excluding tert-OH is 1. The van der Waals surface area contributed by atoms with E-state index in [1.807, 2.05) is 18.2 Å². The van der Waals surface area contributed by atoms with E-state index < -0.39 is 27.6 Å². The summed E-state index contributed by atoms with van der Waals surface area (Å²) in [6.45, 7) is 5.69. The van der Waals surface area contributed by atoms with Gasteiger partial charge in [0.2, 0.25) is 21.8 Å². The number of rotatable bonds is 23. The summed E-state index contributed by atoms with van der Waals surface area (Å²) < 4.78 is 35.4. The van der Waals surface area contributed by atoms with E-state index in [0.717, 1.165) is 42.3 Å². The van der Waals surface area contributed by atoms with Crippen LogP contribution in [-0.4, -0.2) is 95.5 Å². The van der Waals surface area contributed by atoms with Gasteiger partial charge in [0.05, 0.1) is 40.6 Å². The van der Waals surface area contributed by atoms with Crippen LogP contribution in [0.1, 0.15) is 115 Å². The Morgan fingerprint density at radius 1 is 1.02 bits per heavy atom. The van der Waals surface area contributed by atoms with Crippen LogP contribution in [0.2, 0.25) is 5.02 Å². The van der Waals surface area contributed by atoms with Gasteiger partial charge in [-0.15, -0.1) is 0 Å². The number of amides is 3. The third kappa shape index (κ3) is 11.9. The van der Waals surface area contributed by atoms with Crippen molar-refractivity contribution >= 4 is 56.3 Å². The van der Waals surface area contributed by atoms with E-state index in [0.29, 0.717) is 48.9 Å². The summed E-state index contributed by atoms with van der Waals surface area (Å²) in [5, 5.41) is 12.8. The predicted octanol–water partition coefficient (Wildman–Crippen LogP) is 6.22. The second-order valence-corrected chi connectivity index (χ2v) is 17.7. The zero-order chi connectivity index (χ0) is 40.8. The van der Waals surface area contributed by atoms with Crippen LogP contribution in [0.5, 0.6) is 0 Å². The number of piperidine rings is 1. The largest absolute Gasteiger partial charge is 0.445 e. The number of aliphatic hydroxyl groups is 1. The molecule has 3 aromatic rings. The average Bonchev–Trinajstić information content (AvgIpc) is 3.64. The van der Waals surface area contributed by atoms with Gasteiger partial charge in [-0.2, -0.15) is 0 Å². The minimum absolute atomic E-state index is 0.0783. The Kier molecular flexibility index (Phi) is 16.5. The van der Waals surface area contributed by atoms with Crippen molar-refractivity contribution in [2.45, 2.75) is 128 Å². The van der Waals surface area contributed by atoms with Crippen LogP contribution in [0, 0.1) is 0 Å². The van der Waals surface area contributed by atoms with Gasteiger partial charge >= 0.3 is 6.09 Å². The predicted molar refractivity (Wildman–Crippen MR) is 222 cm³/mol. The molecule has 0 aliphatic carbocycles. The first-order valence-electron chi connectivity index (χ1n) is 20.7.